The zero-order chi connectivity index (χ0) is 24.0. The van der Waals surface area contributed by atoms with E-state index in [0.29, 0.717) is 23.3 Å². The molecule has 10 heteroatoms. The number of carbonyl (C=O) groups is 1. The van der Waals surface area contributed by atoms with E-state index in [1.807, 2.05) is 6.92 Å². The molecule has 0 saturated carbocycles. The second-order valence-electron chi connectivity index (χ2n) is 7.24. The molecule has 176 valence electrons. The van der Waals surface area contributed by atoms with Crippen molar-refractivity contribution in [3.05, 3.63) is 70.0 Å². The van der Waals surface area contributed by atoms with Gasteiger partial charge < -0.3 is 19.6 Å². The number of aliphatic hydroxyl groups is 1. The van der Waals surface area contributed by atoms with Gasteiger partial charge in [-0.3, -0.25) is 4.79 Å². The van der Waals surface area contributed by atoms with Crippen LogP contribution in [0.2, 0.25) is 0 Å². The van der Waals surface area contributed by atoms with Gasteiger partial charge >= 0.3 is 5.97 Å². The molecule has 0 spiro atoms. The largest absolute Gasteiger partial charge is 0.494 e. The zero-order valence-corrected chi connectivity index (χ0v) is 19.2. The van der Waals surface area contributed by atoms with Crippen LogP contribution in [0.4, 0.5) is 0 Å². The number of H-pyrrole nitrogens is 1. The lowest BCUT2D eigenvalue weighted by Crippen LogP contribution is -2.34. The van der Waals surface area contributed by atoms with Gasteiger partial charge in [-0.25, -0.2) is 13.2 Å². The highest BCUT2D eigenvalue weighted by molar-refractivity contribution is 7.89. The van der Waals surface area contributed by atoms with Crippen LogP contribution >= 0.6 is 0 Å². The first-order valence-electron chi connectivity index (χ1n) is 10.4. The summed E-state index contributed by atoms with van der Waals surface area (Å²) in [5, 5.41) is 9.97. The average molecular weight is 475 g/mol. The normalized spacial score (nSPS) is 11.6. The summed E-state index contributed by atoms with van der Waals surface area (Å²) >= 11 is 0. The predicted octanol–water partition coefficient (Wildman–Crippen LogP) is 2.29. The molecule has 0 saturated heterocycles. The van der Waals surface area contributed by atoms with Gasteiger partial charge in [-0.15, -0.1) is 0 Å². The van der Waals surface area contributed by atoms with Crippen molar-refractivity contribution >= 4 is 26.9 Å². The van der Waals surface area contributed by atoms with Crippen LogP contribution in [-0.2, 0) is 21.3 Å². The van der Waals surface area contributed by atoms with Crippen LogP contribution in [0.5, 0.6) is 5.75 Å². The molecule has 0 unspecified atom stereocenters. The highest BCUT2D eigenvalue weighted by atomic mass is 32.2. The first kappa shape index (κ1) is 24.4. The van der Waals surface area contributed by atoms with E-state index in [9.17, 15) is 23.1 Å². The first-order valence-corrected chi connectivity index (χ1v) is 11.8. The number of esters is 1. The number of pyridine rings is 1. The van der Waals surface area contributed by atoms with Crippen molar-refractivity contribution in [2.45, 2.75) is 24.8 Å². The van der Waals surface area contributed by atoms with E-state index in [4.69, 9.17) is 4.74 Å². The van der Waals surface area contributed by atoms with Gasteiger partial charge in [-0.1, -0.05) is 0 Å². The van der Waals surface area contributed by atoms with Crippen molar-refractivity contribution in [3.63, 3.8) is 0 Å². The number of aromatic nitrogens is 1. The molecule has 0 bridgehead atoms. The molecule has 2 N–H and O–H groups in total. The fourth-order valence-electron chi connectivity index (χ4n) is 3.35. The fraction of sp³-hybridized carbons (Fsp3) is 0.304. The molecule has 1 heterocycles. The number of rotatable bonds is 10. The minimum absolute atomic E-state index is 0.00799. The zero-order valence-electron chi connectivity index (χ0n) is 18.4. The van der Waals surface area contributed by atoms with Crippen molar-refractivity contribution in [2.75, 3.05) is 26.9 Å². The van der Waals surface area contributed by atoms with Crippen LogP contribution in [0.1, 0.15) is 29.3 Å². The lowest BCUT2D eigenvalue weighted by atomic mass is 10.1. The maximum absolute atomic E-state index is 13.3. The number of sulfonamides is 1. The SMILES string of the molecule is CCOc1ccc2[nH]c(=O)c(CN(CCCO)S(=O)(=O)c3ccc(C(=O)OC)cc3)cc2c1. The number of aliphatic hydroxyl groups excluding tert-OH is 1. The molecule has 9 nitrogen and oxygen atoms in total. The van der Waals surface area contributed by atoms with Crippen LogP contribution < -0.4 is 10.3 Å². The van der Waals surface area contributed by atoms with E-state index in [2.05, 4.69) is 9.72 Å². The molecule has 0 atom stereocenters. The minimum atomic E-state index is -4.01. The molecule has 33 heavy (non-hydrogen) atoms. The van der Waals surface area contributed by atoms with Crippen molar-refractivity contribution in [3.8, 4) is 5.75 Å². The summed E-state index contributed by atoms with van der Waals surface area (Å²) in [5.74, 6) is 0.0589. The van der Waals surface area contributed by atoms with E-state index in [1.165, 1.54) is 31.4 Å². The van der Waals surface area contributed by atoms with Crippen molar-refractivity contribution in [1.29, 1.82) is 0 Å². The number of hydrogen-bond acceptors (Lipinski definition) is 7. The van der Waals surface area contributed by atoms with Gasteiger partial charge in [0, 0.05) is 36.2 Å². The summed E-state index contributed by atoms with van der Waals surface area (Å²) in [6.45, 7) is 1.96. The van der Waals surface area contributed by atoms with Gasteiger partial charge in [0.05, 0.1) is 24.2 Å². The molecule has 3 rings (SSSR count). The summed E-state index contributed by atoms with van der Waals surface area (Å²) in [5.41, 5.74) is 0.672. The number of benzene rings is 2. The Morgan fingerprint density at radius 2 is 1.85 bits per heavy atom. The van der Waals surface area contributed by atoms with Crippen LogP contribution in [0.25, 0.3) is 10.9 Å². The van der Waals surface area contributed by atoms with Gasteiger partial charge in [0.15, 0.2) is 0 Å². The maximum atomic E-state index is 13.3. The summed E-state index contributed by atoms with van der Waals surface area (Å²) in [6.07, 6.45) is 0.194. The molecule has 0 fully saturated rings. The molecular formula is C23H26N2O7S. The molecule has 0 aliphatic carbocycles. The second kappa shape index (κ2) is 10.6. The molecule has 0 aliphatic heterocycles. The van der Waals surface area contributed by atoms with Crippen LogP contribution in [0, 0.1) is 0 Å². The Morgan fingerprint density at radius 1 is 1.12 bits per heavy atom. The van der Waals surface area contributed by atoms with Gasteiger partial charge in [-0.2, -0.15) is 4.31 Å². The van der Waals surface area contributed by atoms with E-state index in [0.717, 1.165) is 4.31 Å². The van der Waals surface area contributed by atoms with Crippen molar-refractivity contribution < 1.29 is 27.8 Å². The van der Waals surface area contributed by atoms with Crippen LogP contribution in [0.15, 0.2) is 58.2 Å². The standard InChI is InChI=1S/C23H26N2O7S/c1-3-32-19-7-10-21-17(14-19)13-18(22(27)24-21)15-25(11-4-12-26)33(29,30)20-8-5-16(6-9-20)23(28)31-2/h5-10,13-14,26H,3-4,11-12,15H2,1-2H3,(H,24,27). The van der Waals surface area contributed by atoms with Gasteiger partial charge in [0.25, 0.3) is 5.56 Å². The number of ether oxygens (including phenoxy) is 2. The Kier molecular flexibility index (Phi) is 7.85. The van der Waals surface area contributed by atoms with E-state index >= 15 is 0 Å². The molecule has 3 aromatic rings. The molecule has 0 amide bonds. The molecule has 0 aliphatic rings. The Hall–Kier alpha value is -3.21. The summed E-state index contributed by atoms with van der Waals surface area (Å²) in [6, 6.07) is 12.2. The number of nitrogens with zero attached hydrogens (tertiary/aromatic N) is 1. The number of fused-ring (bicyclic) bond motifs is 1. The highest BCUT2D eigenvalue weighted by Crippen LogP contribution is 2.22. The smallest absolute Gasteiger partial charge is 0.337 e. The number of nitrogens with one attached hydrogen (secondary N) is 1. The third kappa shape index (κ3) is 5.59. The first-order chi connectivity index (χ1) is 15.8. The lowest BCUT2D eigenvalue weighted by Gasteiger charge is -2.22. The minimum Gasteiger partial charge on any atom is -0.494 e. The Labute approximate surface area is 191 Å². The quantitative estimate of drug-likeness (QED) is 0.432. The number of carbonyl (C=O) groups excluding carboxylic acids is 1. The third-order valence-corrected chi connectivity index (χ3v) is 6.89. The van der Waals surface area contributed by atoms with E-state index < -0.39 is 21.6 Å². The van der Waals surface area contributed by atoms with Crippen LogP contribution in [0.3, 0.4) is 0 Å². The monoisotopic (exact) mass is 474 g/mol. The predicted molar refractivity (Wildman–Crippen MR) is 123 cm³/mol. The summed E-state index contributed by atoms with van der Waals surface area (Å²) in [4.78, 5) is 27.0. The number of hydrogen-bond donors (Lipinski definition) is 2. The van der Waals surface area contributed by atoms with Crippen molar-refractivity contribution in [1.82, 2.24) is 9.29 Å². The molecule has 2 aromatic carbocycles. The van der Waals surface area contributed by atoms with Gasteiger partial charge in [0.1, 0.15) is 5.75 Å². The van der Waals surface area contributed by atoms with E-state index in [1.54, 1.807) is 24.3 Å². The Morgan fingerprint density at radius 3 is 2.48 bits per heavy atom. The second-order valence-corrected chi connectivity index (χ2v) is 9.18. The maximum Gasteiger partial charge on any atom is 0.337 e. The number of aromatic amines is 1. The highest BCUT2D eigenvalue weighted by Gasteiger charge is 2.26. The van der Waals surface area contributed by atoms with Crippen molar-refractivity contribution in [2.24, 2.45) is 0 Å². The van der Waals surface area contributed by atoms with Crippen LogP contribution in [-0.4, -0.2) is 55.7 Å². The third-order valence-electron chi connectivity index (χ3n) is 5.03. The fourth-order valence-corrected chi connectivity index (χ4v) is 4.81. The summed E-state index contributed by atoms with van der Waals surface area (Å²) in [7, 11) is -2.78. The Balaban J connectivity index is 1.97. The topological polar surface area (TPSA) is 126 Å². The number of methoxy groups -OCH3 is 1. The van der Waals surface area contributed by atoms with Gasteiger partial charge in [0.2, 0.25) is 10.0 Å². The van der Waals surface area contributed by atoms with E-state index in [-0.39, 0.29) is 42.1 Å². The molecule has 1 aromatic heterocycles. The summed E-state index contributed by atoms with van der Waals surface area (Å²) < 4.78 is 37.9. The molecule has 0 radical (unpaired) electrons. The lowest BCUT2D eigenvalue weighted by molar-refractivity contribution is 0.0600. The Bertz CT molecular complexity index is 1280. The average Bonchev–Trinajstić information content (AvgIpc) is 2.81. The van der Waals surface area contributed by atoms with Gasteiger partial charge in [-0.05, 0) is 61.9 Å². The molecular weight excluding hydrogens is 448 g/mol.